The van der Waals surface area contributed by atoms with Crippen molar-refractivity contribution in [1.82, 2.24) is 15.0 Å². The maximum absolute atomic E-state index is 5.06. The second kappa shape index (κ2) is 11.8. The van der Waals surface area contributed by atoms with Gasteiger partial charge in [0, 0.05) is 57.0 Å². The molecule has 3 nitrogen and oxygen atoms in total. The first kappa shape index (κ1) is 29.0. The number of rotatable bonds is 5. The Hall–Kier alpha value is -6.01. The van der Waals surface area contributed by atoms with Crippen molar-refractivity contribution in [3.05, 3.63) is 164 Å². The van der Waals surface area contributed by atoms with Crippen LogP contribution in [0.2, 0.25) is 0 Å². The van der Waals surface area contributed by atoms with E-state index >= 15 is 0 Å². The highest BCUT2D eigenvalue weighted by molar-refractivity contribution is 7.26. The molecule has 0 bridgehead atoms. The van der Waals surface area contributed by atoms with Crippen molar-refractivity contribution in [2.45, 2.75) is 0 Å². The van der Waals surface area contributed by atoms with Crippen LogP contribution in [-0.2, 0) is 0 Å². The zero-order chi connectivity index (χ0) is 33.0. The molecule has 0 N–H and O–H groups in total. The van der Waals surface area contributed by atoms with E-state index in [1.165, 1.54) is 62.6 Å². The molecule has 50 heavy (non-hydrogen) atoms. The lowest BCUT2D eigenvalue weighted by Gasteiger charge is -2.10. The zero-order valence-corrected chi connectivity index (χ0v) is 28.4. The summed E-state index contributed by atoms with van der Waals surface area (Å²) in [5, 5.41) is 5.09. The topological polar surface area (TPSA) is 38.7 Å². The summed E-state index contributed by atoms with van der Waals surface area (Å²) in [6.07, 6.45) is 0. The molecule has 0 aliphatic carbocycles. The third-order valence-electron chi connectivity index (χ3n) is 9.34. The Labute approximate surface area is 296 Å². The van der Waals surface area contributed by atoms with Crippen molar-refractivity contribution in [3.63, 3.8) is 0 Å². The van der Waals surface area contributed by atoms with Crippen LogP contribution in [0.25, 0.3) is 96.8 Å². The second-order valence-corrected chi connectivity index (χ2v) is 14.5. The monoisotopic (exact) mass is 673 g/mol. The fourth-order valence-electron chi connectivity index (χ4n) is 6.95. The Morgan fingerprint density at radius 1 is 0.320 bits per heavy atom. The van der Waals surface area contributed by atoms with Gasteiger partial charge in [0.25, 0.3) is 0 Å². The minimum atomic E-state index is 0.667. The van der Waals surface area contributed by atoms with E-state index in [1.54, 1.807) is 11.3 Å². The Morgan fingerprint density at radius 3 is 1.64 bits per heavy atom. The molecule has 0 saturated carbocycles. The van der Waals surface area contributed by atoms with Crippen LogP contribution in [0.3, 0.4) is 0 Å². The van der Waals surface area contributed by atoms with Gasteiger partial charge in [-0.05, 0) is 52.6 Å². The van der Waals surface area contributed by atoms with E-state index in [4.69, 9.17) is 15.0 Å². The van der Waals surface area contributed by atoms with Crippen LogP contribution in [0.1, 0.15) is 0 Å². The van der Waals surface area contributed by atoms with E-state index in [0.717, 1.165) is 16.7 Å². The van der Waals surface area contributed by atoms with Crippen LogP contribution in [0.15, 0.2) is 164 Å². The molecule has 0 atom stereocenters. The summed E-state index contributed by atoms with van der Waals surface area (Å²) in [5.41, 5.74) is 7.88. The minimum Gasteiger partial charge on any atom is -0.208 e. The number of hydrogen-bond acceptors (Lipinski definition) is 5. The molecule has 0 aliphatic rings. The summed E-state index contributed by atoms with van der Waals surface area (Å²) in [6, 6.07) is 58.0. The predicted octanol–water partition coefficient (Wildman–Crippen LogP) is 12.9. The van der Waals surface area contributed by atoms with Gasteiger partial charge in [0.05, 0.1) is 0 Å². The zero-order valence-electron chi connectivity index (χ0n) is 26.7. The lowest BCUT2D eigenvalue weighted by atomic mass is 9.94. The molecule has 0 unspecified atom stereocenters. The summed E-state index contributed by atoms with van der Waals surface area (Å²) in [5.74, 6) is 2.01. The van der Waals surface area contributed by atoms with Crippen LogP contribution in [0, 0.1) is 0 Å². The molecule has 0 radical (unpaired) electrons. The molecule has 5 heteroatoms. The van der Waals surface area contributed by atoms with Gasteiger partial charge in [0.2, 0.25) is 0 Å². The van der Waals surface area contributed by atoms with Crippen molar-refractivity contribution in [2.24, 2.45) is 0 Å². The number of benzene rings is 7. The molecule has 0 aliphatic heterocycles. The van der Waals surface area contributed by atoms with Crippen molar-refractivity contribution >= 4 is 63.0 Å². The van der Waals surface area contributed by atoms with Gasteiger partial charge < -0.3 is 0 Å². The first-order chi connectivity index (χ1) is 24.8. The molecule has 0 saturated heterocycles. The molecule has 0 amide bonds. The third-order valence-corrected chi connectivity index (χ3v) is 11.7. The predicted molar refractivity (Wildman–Crippen MR) is 213 cm³/mol. The molecule has 3 aromatic heterocycles. The van der Waals surface area contributed by atoms with E-state index in [2.05, 4.69) is 127 Å². The van der Waals surface area contributed by atoms with Gasteiger partial charge in [-0.15, -0.1) is 22.7 Å². The first-order valence-electron chi connectivity index (χ1n) is 16.6. The number of hydrogen-bond donors (Lipinski definition) is 0. The van der Waals surface area contributed by atoms with Crippen LogP contribution >= 0.6 is 22.7 Å². The van der Waals surface area contributed by atoms with E-state index < -0.39 is 0 Å². The van der Waals surface area contributed by atoms with Gasteiger partial charge in [0.1, 0.15) is 0 Å². The van der Waals surface area contributed by atoms with E-state index in [0.29, 0.717) is 17.5 Å². The molecule has 7 aromatic carbocycles. The minimum absolute atomic E-state index is 0.667. The largest absolute Gasteiger partial charge is 0.208 e. The number of nitrogens with zero attached hydrogens (tertiary/aromatic N) is 3. The van der Waals surface area contributed by atoms with Gasteiger partial charge in [-0.3, -0.25) is 0 Å². The smallest absolute Gasteiger partial charge is 0.165 e. The maximum Gasteiger partial charge on any atom is 0.165 e. The van der Waals surface area contributed by atoms with E-state index in [-0.39, 0.29) is 0 Å². The van der Waals surface area contributed by atoms with Gasteiger partial charge >= 0.3 is 0 Å². The highest BCUT2D eigenvalue weighted by Crippen LogP contribution is 2.45. The summed E-state index contributed by atoms with van der Waals surface area (Å²) < 4.78 is 5.03. The molecule has 0 spiro atoms. The van der Waals surface area contributed by atoms with Crippen molar-refractivity contribution < 1.29 is 0 Å². The fraction of sp³-hybridized carbons (Fsp3) is 0. The van der Waals surface area contributed by atoms with E-state index in [1.807, 2.05) is 47.7 Å². The molecule has 10 rings (SSSR count). The van der Waals surface area contributed by atoms with Gasteiger partial charge in [-0.2, -0.15) is 0 Å². The quantitative estimate of drug-likeness (QED) is 0.182. The van der Waals surface area contributed by atoms with Crippen LogP contribution < -0.4 is 0 Å². The Kier molecular flexibility index (Phi) is 6.86. The summed E-state index contributed by atoms with van der Waals surface area (Å²) in [4.78, 5) is 15.0. The van der Waals surface area contributed by atoms with Crippen molar-refractivity contribution in [3.8, 4) is 56.4 Å². The summed E-state index contributed by atoms with van der Waals surface area (Å²) >= 11 is 3.67. The molecule has 234 valence electrons. The highest BCUT2D eigenvalue weighted by atomic mass is 32.1. The SMILES string of the molecule is c1ccc(-c2nc(-c3ccccc3)nc(-c3cccc4c3sc3cc(-c5cc(-c6ccccc6)c6c(c5)sc5ccccc56)ccc34)n2)cc1. The Morgan fingerprint density at radius 2 is 0.920 bits per heavy atom. The fourth-order valence-corrected chi connectivity index (χ4v) is 9.37. The Bertz CT molecular complexity index is 2800. The van der Waals surface area contributed by atoms with Crippen LogP contribution in [0.4, 0.5) is 0 Å². The summed E-state index contributed by atoms with van der Waals surface area (Å²) in [7, 11) is 0. The van der Waals surface area contributed by atoms with Gasteiger partial charge in [-0.1, -0.05) is 133 Å². The average Bonchev–Trinajstić information content (AvgIpc) is 3.76. The Balaban J connectivity index is 1.15. The van der Waals surface area contributed by atoms with Crippen LogP contribution in [0.5, 0.6) is 0 Å². The number of thiophene rings is 2. The first-order valence-corrected chi connectivity index (χ1v) is 18.2. The maximum atomic E-state index is 5.06. The molecule has 10 aromatic rings. The lowest BCUT2D eigenvalue weighted by Crippen LogP contribution is -2.00. The van der Waals surface area contributed by atoms with E-state index in [9.17, 15) is 0 Å². The highest BCUT2D eigenvalue weighted by Gasteiger charge is 2.18. The summed E-state index contributed by atoms with van der Waals surface area (Å²) in [6.45, 7) is 0. The number of fused-ring (bicyclic) bond motifs is 6. The van der Waals surface area contributed by atoms with Gasteiger partial charge in [0.15, 0.2) is 17.5 Å². The average molecular weight is 674 g/mol. The second-order valence-electron chi connectivity index (χ2n) is 12.4. The molecular formula is C45H27N3S2. The third kappa shape index (κ3) is 4.90. The lowest BCUT2D eigenvalue weighted by molar-refractivity contribution is 1.08. The van der Waals surface area contributed by atoms with Crippen molar-refractivity contribution in [1.29, 1.82) is 0 Å². The normalized spacial score (nSPS) is 11.6. The number of aromatic nitrogens is 3. The standard InChI is InChI=1S/C45H27N3S2/c1-4-13-28(14-5-1)37-25-32(27-40-41(37)35-19-10-11-22-38(35)49-40)31-23-24-33-34-20-12-21-36(42(34)50-39(33)26-31)45-47-43(29-15-6-2-7-16-29)46-44(48-45)30-17-8-3-9-18-30/h1-27H. The molecule has 0 fully saturated rings. The van der Waals surface area contributed by atoms with Crippen molar-refractivity contribution in [2.75, 3.05) is 0 Å². The molecular weight excluding hydrogens is 647 g/mol. The van der Waals surface area contributed by atoms with Gasteiger partial charge in [-0.25, -0.2) is 15.0 Å². The molecule has 3 heterocycles. The van der Waals surface area contributed by atoms with Crippen LogP contribution in [-0.4, -0.2) is 15.0 Å².